The Balaban J connectivity index is 2.32. The summed E-state index contributed by atoms with van der Waals surface area (Å²) in [6, 6.07) is 11.6. The van der Waals surface area contributed by atoms with Gasteiger partial charge in [0.15, 0.2) is 0 Å². The second-order valence-electron chi connectivity index (χ2n) is 4.59. The maximum Gasteiger partial charge on any atom is 0.129 e. The van der Waals surface area contributed by atoms with Crippen LogP contribution >= 0.6 is 34.8 Å². The van der Waals surface area contributed by atoms with Gasteiger partial charge in [0.25, 0.3) is 0 Å². The summed E-state index contributed by atoms with van der Waals surface area (Å²) in [5.74, 6) is 1.11. The second-order valence-corrected chi connectivity index (χ2v) is 5.67. The summed E-state index contributed by atoms with van der Waals surface area (Å²) < 4.78 is 2.01. The summed E-state index contributed by atoms with van der Waals surface area (Å²) in [5.41, 5.74) is 4.00. The van der Waals surface area contributed by atoms with Gasteiger partial charge in [0.05, 0.1) is 27.0 Å². The molecule has 2 nitrogen and oxygen atoms in total. The SMILES string of the molecule is Cc1ccc2nc(CCl)n(-c3ccc(Cl)c(Cl)c3)c2c1. The molecule has 0 radical (unpaired) electrons. The third-order valence-electron chi connectivity index (χ3n) is 3.16. The van der Waals surface area contributed by atoms with E-state index in [1.54, 1.807) is 6.07 Å². The predicted octanol–water partition coefficient (Wildman–Crippen LogP) is 5.38. The number of hydrogen-bond donors (Lipinski definition) is 0. The standard InChI is InChI=1S/C15H11Cl3N2/c1-9-2-5-13-14(6-9)20(15(8-16)19-13)10-3-4-11(17)12(18)7-10/h2-7H,8H2,1H3. The highest BCUT2D eigenvalue weighted by Gasteiger charge is 2.12. The van der Waals surface area contributed by atoms with Crippen LogP contribution in [-0.4, -0.2) is 9.55 Å². The lowest BCUT2D eigenvalue weighted by molar-refractivity contribution is 0.982. The highest BCUT2D eigenvalue weighted by Crippen LogP contribution is 2.28. The Kier molecular flexibility index (Phi) is 3.63. The molecule has 0 saturated carbocycles. The van der Waals surface area contributed by atoms with Crippen molar-refractivity contribution in [2.24, 2.45) is 0 Å². The summed E-state index contributed by atoms with van der Waals surface area (Å²) in [4.78, 5) is 4.56. The number of fused-ring (bicyclic) bond motifs is 1. The van der Waals surface area contributed by atoms with E-state index >= 15 is 0 Å². The normalized spacial score (nSPS) is 11.2. The molecular formula is C15H11Cl3N2. The van der Waals surface area contributed by atoms with Crippen molar-refractivity contribution in [1.29, 1.82) is 0 Å². The van der Waals surface area contributed by atoms with Gasteiger partial charge in [-0.3, -0.25) is 4.57 Å². The van der Waals surface area contributed by atoms with Crippen molar-refractivity contribution in [3.8, 4) is 5.69 Å². The molecule has 20 heavy (non-hydrogen) atoms. The van der Waals surface area contributed by atoms with Crippen LogP contribution in [0.25, 0.3) is 16.7 Å². The third-order valence-corrected chi connectivity index (χ3v) is 4.14. The maximum absolute atomic E-state index is 6.11. The molecule has 0 amide bonds. The van der Waals surface area contributed by atoms with Crippen molar-refractivity contribution in [3.05, 3.63) is 57.8 Å². The first-order valence-corrected chi connectivity index (χ1v) is 7.38. The fourth-order valence-corrected chi connectivity index (χ4v) is 2.71. The highest BCUT2D eigenvalue weighted by molar-refractivity contribution is 6.42. The number of aryl methyl sites for hydroxylation is 1. The van der Waals surface area contributed by atoms with Crippen LogP contribution in [0.2, 0.25) is 10.0 Å². The number of rotatable bonds is 2. The minimum atomic E-state index is 0.327. The summed E-state index contributed by atoms with van der Waals surface area (Å²) in [7, 11) is 0. The summed E-state index contributed by atoms with van der Waals surface area (Å²) in [5, 5.41) is 1.04. The molecule has 5 heteroatoms. The zero-order chi connectivity index (χ0) is 14.3. The van der Waals surface area contributed by atoms with Crippen molar-refractivity contribution in [1.82, 2.24) is 9.55 Å². The zero-order valence-electron chi connectivity index (χ0n) is 10.7. The maximum atomic E-state index is 6.11. The molecule has 2 aromatic carbocycles. The van der Waals surface area contributed by atoms with E-state index in [-0.39, 0.29) is 0 Å². The third kappa shape index (κ3) is 2.28. The molecule has 3 aromatic rings. The molecule has 0 aliphatic heterocycles. The molecule has 0 atom stereocenters. The minimum Gasteiger partial charge on any atom is -0.295 e. The topological polar surface area (TPSA) is 17.8 Å². The van der Waals surface area contributed by atoms with Gasteiger partial charge in [-0.15, -0.1) is 11.6 Å². The van der Waals surface area contributed by atoms with Crippen LogP contribution in [0.5, 0.6) is 0 Å². The fraction of sp³-hybridized carbons (Fsp3) is 0.133. The van der Waals surface area contributed by atoms with E-state index in [0.29, 0.717) is 15.9 Å². The van der Waals surface area contributed by atoms with Gasteiger partial charge in [0.1, 0.15) is 5.82 Å². The number of halogens is 3. The predicted molar refractivity (Wildman–Crippen MR) is 85.4 cm³/mol. The van der Waals surface area contributed by atoms with Crippen LogP contribution in [0.15, 0.2) is 36.4 Å². The van der Waals surface area contributed by atoms with Crippen LogP contribution in [0.4, 0.5) is 0 Å². The zero-order valence-corrected chi connectivity index (χ0v) is 13.0. The average Bonchev–Trinajstić information content (AvgIpc) is 2.79. The number of nitrogens with zero attached hydrogens (tertiary/aromatic N) is 2. The lowest BCUT2D eigenvalue weighted by Gasteiger charge is -2.09. The Hall–Kier alpha value is -1.22. The first kappa shape index (κ1) is 13.7. The molecule has 3 rings (SSSR count). The smallest absolute Gasteiger partial charge is 0.129 e. The summed E-state index contributed by atoms with van der Waals surface area (Å²) in [6.07, 6.45) is 0. The van der Waals surface area contributed by atoms with Crippen molar-refractivity contribution < 1.29 is 0 Å². The molecule has 102 valence electrons. The van der Waals surface area contributed by atoms with Crippen LogP contribution in [-0.2, 0) is 5.88 Å². The largest absolute Gasteiger partial charge is 0.295 e. The minimum absolute atomic E-state index is 0.327. The van der Waals surface area contributed by atoms with Gasteiger partial charge in [0, 0.05) is 5.69 Å². The Morgan fingerprint density at radius 3 is 2.55 bits per heavy atom. The van der Waals surface area contributed by atoms with Crippen LogP contribution < -0.4 is 0 Å². The monoisotopic (exact) mass is 324 g/mol. The Bertz CT molecular complexity index is 793. The first-order valence-electron chi connectivity index (χ1n) is 6.09. The lowest BCUT2D eigenvalue weighted by Crippen LogP contribution is -1.99. The fourth-order valence-electron chi connectivity index (χ4n) is 2.24. The van der Waals surface area contributed by atoms with Crippen LogP contribution in [0.1, 0.15) is 11.4 Å². The molecule has 0 spiro atoms. The van der Waals surface area contributed by atoms with Gasteiger partial charge < -0.3 is 0 Å². The van der Waals surface area contributed by atoms with Gasteiger partial charge in [-0.05, 0) is 42.8 Å². The van der Waals surface area contributed by atoms with E-state index in [9.17, 15) is 0 Å². The molecule has 0 saturated heterocycles. The van der Waals surface area contributed by atoms with E-state index in [1.165, 1.54) is 5.56 Å². The Morgan fingerprint density at radius 1 is 1.05 bits per heavy atom. The van der Waals surface area contributed by atoms with Gasteiger partial charge in [-0.2, -0.15) is 0 Å². The Labute approximate surface area is 131 Å². The number of aromatic nitrogens is 2. The van der Waals surface area contributed by atoms with E-state index in [1.807, 2.05) is 35.8 Å². The molecule has 0 fully saturated rings. The van der Waals surface area contributed by atoms with Crippen LogP contribution in [0.3, 0.4) is 0 Å². The second kappa shape index (κ2) is 5.28. The van der Waals surface area contributed by atoms with E-state index in [2.05, 4.69) is 11.1 Å². The van der Waals surface area contributed by atoms with Gasteiger partial charge in [-0.1, -0.05) is 29.3 Å². The van der Waals surface area contributed by atoms with Gasteiger partial charge in [0.2, 0.25) is 0 Å². The van der Waals surface area contributed by atoms with E-state index < -0.39 is 0 Å². The molecule has 1 heterocycles. The number of alkyl halides is 1. The number of benzene rings is 2. The van der Waals surface area contributed by atoms with Gasteiger partial charge in [-0.25, -0.2) is 4.98 Å². The molecule has 0 bridgehead atoms. The molecule has 0 N–H and O–H groups in total. The number of hydrogen-bond acceptors (Lipinski definition) is 1. The average molecular weight is 326 g/mol. The Morgan fingerprint density at radius 2 is 1.85 bits per heavy atom. The quantitative estimate of drug-likeness (QED) is 0.578. The summed E-state index contributed by atoms with van der Waals surface area (Å²) in [6.45, 7) is 2.05. The van der Waals surface area contributed by atoms with E-state index in [4.69, 9.17) is 34.8 Å². The molecule has 0 aliphatic carbocycles. The highest BCUT2D eigenvalue weighted by atomic mass is 35.5. The van der Waals surface area contributed by atoms with Gasteiger partial charge >= 0.3 is 0 Å². The summed E-state index contributed by atoms with van der Waals surface area (Å²) >= 11 is 18.1. The van der Waals surface area contributed by atoms with Crippen molar-refractivity contribution in [2.75, 3.05) is 0 Å². The lowest BCUT2D eigenvalue weighted by atomic mass is 10.2. The van der Waals surface area contributed by atoms with Crippen molar-refractivity contribution in [2.45, 2.75) is 12.8 Å². The first-order chi connectivity index (χ1) is 9.60. The molecule has 0 unspecified atom stereocenters. The van der Waals surface area contributed by atoms with E-state index in [0.717, 1.165) is 22.5 Å². The molecule has 0 aliphatic rings. The number of imidazole rings is 1. The molecular weight excluding hydrogens is 315 g/mol. The van der Waals surface area contributed by atoms with Crippen LogP contribution in [0, 0.1) is 6.92 Å². The van der Waals surface area contributed by atoms with Crippen molar-refractivity contribution in [3.63, 3.8) is 0 Å². The molecule has 1 aromatic heterocycles. The van der Waals surface area contributed by atoms with Crippen molar-refractivity contribution >= 4 is 45.8 Å².